The Balaban J connectivity index is 1.08. The fourth-order valence-corrected chi connectivity index (χ4v) is 9.12. The highest BCUT2D eigenvalue weighted by Crippen LogP contribution is 2.63. The standard InChI is InChI=1S/C53H32N4/c54-33-41-22-13-27-47-49(41)44-29-28-38(32-48(44)53(47)45-25-9-7-23-42(45)43-24-8-10-26-46(43)53)37-19-12-21-40(31-37)52-56-50(35-16-5-2-6-17-35)55-51(57-52)39-20-11-18-36(30-39)34-14-3-1-4-15-34/h1-32H. The summed E-state index contributed by atoms with van der Waals surface area (Å²) in [6.45, 7) is 0. The lowest BCUT2D eigenvalue weighted by molar-refractivity contribution is 0.794. The Bertz CT molecular complexity index is 3040. The highest BCUT2D eigenvalue weighted by Gasteiger charge is 2.52. The number of nitriles is 1. The molecule has 0 saturated heterocycles. The molecule has 2 aliphatic carbocycles. The summed E-state index contributed by atoms with van der Waals surface area (Å²) in [7, 11) is 0. The first kappa shape index (κ1) is 32.7. The van der Waals surface area contributed by atoms with Crippen molar-refractivity contribution >= 4 is 0 Å². The SMILES string of the molecule is N#Cc1cccc2c1-c1ccc(-c3cccc(-c4nc(-c5ccccc5)nc(-c5cccc(-c6ccccc6)c5)n4)c3)cc1C21c2ccccc2-c2ccccc21. The monoisotopic (exact) mass is 724 g/mol. The molecule has 4 heteroatoms. The second-order valence-electron chi connectivity index (χ2n) is 14.6. The molecule has 1 spiro atoms. The number of hydrogen-bond donors (Lipinski definition) is 0. The van der Waals surface area contributed by atoms with Crippen molar-refractivity contribution in [3.63, 3.8) is 0 Å². The Morgan fingerprint density at radius 1 is 0.333 bits per heavy atom. The minimum Gasteiger partial charge on any atom is -0.208 e. The Kier molecular flexibility index (Phi) is 7.42. The van der Waals surface area contributed by atoms with Gasteiger partial charge in [-0.1, -0.05) is 170 Å². The molecular formula is C53H32N4. The van der Waals surface area contributed by atoms with E-state index < -0.39 is 5.41 Å². The van der Waals surface area contributed by atoms with Crippen LogP contribution in [0, 0.1) is 11.3 Å². The van der Waals surface area contributed by atoms with E-state index in [-0.39, 0.29) is 0 Å². The Hall–Kier alpha value is -7.74. The van der Waals surface area contributed by atoms with Crippen LogP contribution >= 0.6 is 0 Å². The average molecular weight is 725 g/mol. The molecule has 0 radical (unpaired) electrons. The van der Waals surface area contributed by atoms with Gasteiger partial charge in [-0.3, -0.25) is 0 Å². The van der Waals surface area contributed by atoms with Crippen molar-refractivity contribution in [2.24, 2.45) is 0 Å². The van der Waals surface area contributed by atoms with Crippen molar-refractivity contribution in [3.05, 3.63) is 222 Å². The lowest BCUT2D eigenvalue weighted by Crippen LogP contribution is -2.25. The van der Waals surface area contributed by atoms with Crippen molar-refractivity contribution in [1.82, 2.24) is 15.0 Å². The molecule has 1 heterocycles. The summed E-state index contributed by atoms with van der Waals surface area (Å²) in [6, 6.07) is 70.3. The summed E-state index contributed by atoms with van der Waals surface area (Å²) in [5, 5.41) is 10.4. The van der Waals surface area contributed by atoms with Crippen molar-refractivity contribution in [1.29, 1.82) is 5.26 Å². The van der Waals surface area contributed by atoms with E-state index in [0.29, 0.717) is 23.0 Å². The van der Waals surface area contributed by atoms with Crippen LogP contribution in [0.25, 0.3) is 78.7 Å². The van der Waals surface area contributed by atoms with E-state index in [9.17, 15) is 5.26 Å². The quantitative estimate of drug-likeness (QED) is 0.177. The largest absolute Gasteiger partial charge is 0.208 e. The third-order valence-corrected chi connectivity index (χ3v) is 11.6. The van der Waals surface area contributed by atoms with E-state index in [4.69, 9.17) is 15.0 Å². The van der Waals surface area contributed by atoms with Gasteiger partial charge in [-0.15, -0.1) is 0 Å². The van der Waals surface area contributed by atoms with Crippen LogP contribution in [0.2, 0.25) is 0 Å². The van der Waals surface area contributed by atoms with Gasteiger partial charge in [-0.2, -0.15) is 5.26 Å². The molecule has 11 rings (SSSR count). The van der Waals surface area contributed by atoms with Crippen molar-refractivity contribution in [2.75, 3.05) is 0 Å². The second-order valence-corrected chi connectivity index (χ2v) is 14.6. The van der Waals surface area contributed by atoms with Crippen molar-refractivity contribution < 1.29 is 0 Å². The number of rotatable bonds is 5. The topological polar surface area (TPSA) is 62.5 Å². The number of aromatic nitrogens is 3. The van der Waals surface area contributed by atoms with E-state index in [1.165, 1.54) is 27.8 Å². The van der Waals surface area contributed by atoms with E-state index >= 15 is 0 Å². The van der Waals surface area contributed by atoms with Crippen molar-refractivity contribution in [2.45, 2.75) is 5.41 Å². The van der Waals surface area contributed by atoms with Gasteiger partial charge in [0, 0.05) is 22.3 Å². The highest BCUT2D eigenvalue weighted by molar-refractivity contribution is 5.97. The first-order chi connectivity index (χ1) is 28.2. The molecule has 0 saturated carbocycles. The molecule has 0 aliphatic heterocycles. The Morgan fingerprint density at radius 3 is 1.40 bits per heavy atom. The second kappa shape index (κ2) is 12.9. The highest BCUT2D eigenvalue weighted by atomic mass is 15.0. The van der Waals surface area contributed by atoms with Crippen LogP contribution in [0.4, 0.5) is 0 Å². The first-order valence-electron chi connectivity index (χ1n) is 19.2. The van der Waals surface area contributed by atoms with E-state index in [1.54, 1.807) is 0 Å². The van der Waals surface area contributed by atoms with E-state index in [0.717, 1.165) is 55.6 Å². The zero-order chi connectivity index (χ0) is 37.9. The zero-order valence-corrected chi connectivity index (χ0v) is 30.8. The van der Waals surface area contributed by atoms with Crippen LogP contribution in [-0.4, -0.2) is 15.0 Å². The third-order valence-electron chi connectivity index (χ3n) is 11.6. The number of nitrogens with zero attached hydrogens (tertiary/aromatic N) is 4. The molecule has 0 atom stereocenters. The minimum absolute atomic E-state index is 0.555. The number of benzene rings is 8. The predicted molar refractivity (Wildman–Crippen MR) is 228 cm³/mol. The van der Waals surface area contributed by atoms with Crippen LogP contribution in [0.15, 0.2) is 194 Å². The molecule has 0 N–H and O–H groups in total. The number of hydrogen-bond acceptors (Lipinski definition) is 4. The summed E-state index contributed by atoms with van der Waals surface area (Å²) in [5.74, 6) is 1.84. The van der Waals surface area contributed by atoms with Crippen molar-refractivity contribution in [3.8, 4) is 84.7 Å². The fraction of sp³-hybridized carbons (Fsp3) is 0.0189. The van der Waals surface area contributed by atoms with Crippen LogP contribution < -0.4 is 0 Å². The fourth-order valence-electron chi connectivity index (χ4n) is 9.12. The van der Waals surface area contributed by atoms with Gasteiger partial charge in [0.05, 0.1) is 17.0 Å². The lowest BCUT2D eigenvalue weighted by atomic mass is 9.70. The summed E-state index contributed by atoms with van der Waals surface area (Å²) < 4.78 is 0. The van der Waals surface area contributed by atoms with Gasteiger partial charge in [0.1, 0.15) is 0 Å². The van der Waals surface area contributed by atoms with Gasteiger partial charge in [-0.05, 0) is 85.5 Å². The first-order valence-corrected chi connectivity index (χ1v) is 19.2. The minimum atomic E-state index is -0.555. The van der Waals surface area contributed by atoms with Gasteiger partial charge in [0.2, 0.25) is 0 Å². The molecule has 8 aromatic carbocycles. The van der Waals surface area contributed by atoms with E-state index in [2.05, 4.69) is 152 Å². The van der Waals surface area contributed by atoms with Gasteiger partial charge >= 0.3 is 0 Å². The normalized spacial score (nSPS) is 12.7. The predicted octanol–water partition coefficient (Wildman–Crippen LogP) is 12.4. The van der Waals surface area contributed by atoms with E-state index in [1.807, 2.05) is 48.5 Å². The third kappa shape index (κ3) is 5.03. The molecule has 0 fully saturated rings. The van der Waals surface area contributed by atoms with Crippen LogP contribution in [-0.2, 0) is 5.41 Å². The Labute approximate surface area is 331 Å². The molecule has 57 heavy (non-hydrogen) atoms. The molecule has 0 bridgehead atoms. The number of fused-ring (bicyclic) bond motifs is 10. The van der Waals surface area contributed by atoms with Gasteiger partial charge in [-0.25, -0.2) is 15.0 Å². The molecule has 4 nitrogen and oxygen atoms in total. The molecule has 0 amide bonds. The lowest BCUT2D eigenvalue weighted by Gasteiger charge is -2.30. The molecular weight excluding hydrogens is 693 g/mol. The maximum absolute atomic E-state index is 10.4. The maximum atomic E-state index is 10.4. The smallest absolute Gasteiger partial charge is 0.164 e. The molecule has 264 valence electrons. The molecule has 9 aromatic rings. The summed E-state index contributed by atoms with van der Waals surface area (Å²) in [6.07, 6.45) is 0. The van der Waals surface area contributed by atoms with Crippen LogP contribution in [0.5, 0.6) is 0 Å². The van der Waals surface area contributed by atoms with Gasteiger partial charge in [0.25, 0.3) is 0 Å². The Morgan fingerprint density at radius 2 is 0.789 bits per heavy atom. The van der Waals surface area contributed by atoms with Crippen LogP contribution in [0.3, 0.4) is 0 Å². The summed E-state index contributed by atoms with van der Waals surface area (Å²) in [4.78, 5) is 15.2. The van der Waals surface area contributed by atoms with Gasteiger partial charge in [0.15, 0.2) is 17.5 Å². The summed E-state index contributed by atoms with van der Waals surface area (Å²) in [5.41, 5.74) is 16.7. The van der Waals surface area contributed by atoms with Gasteiger partial charge < -0.3 is 0 Å². The molecule has 0 unspecified atom stereocenters. The summed E-state index contributed by atoms with van der Waals surface area (Å²) >= 11 is 0. The average Bonchev–Trinajstić information content (AvgIpc) is 3.77. The molecule has 2 aliphatic rings. The van der Waals surface area contributed by atoms with Crippen LogP contribution in [0.1, 0.15) is 27.8 Å². The maximum Gasteiger partial charge on any atom is 0.164 e. The zero-order valence-electron chi connectivity index (χ0n) is 30.8. The molecule has 1 aromatic heterocycles.